The maximum absolute atomic E-state index is 7.88. The average Bonchev–Trinajstić information content (AvgIpc) is 1.97. The molecule has 0 aromatic carbocycles. The van der Waals surface area contributed by atoms with Crippen LogP contribution in [-0.4, -0.2) is 41.0 Å². The van der Waals surface area contributed by atoms with Crippen molar-refractivity contribution in [3.63, 3.8) is 0 Å². The fraction of sp³-hybridized carbons (Fsp3) is 1.00. The third-order valence-corrected chi connectivity index (χ3v) is 0.414. The van der Waals surface area contributed by atoms with Gasteiger partial charge in [0.2, 0.25) is 0 Å². The molecule has 0 aliphatic heterocycles. The van der Waals surface area contributed by atoms with Gasteiger partial charge in [0, 0.05) is 14.2 Å². The van der Waals surface area contributed by atoms with Gasteiger partial charge in [0.25, 0.3) is 0 Å². The fourth-order valence-electron chi connectivity index (χ4n) is 0. The number of hydrogen-bond donors (Lipinski definition) is 3. The molecule has 0 radical (unpaired) electrons. The maximum atomic E-state index is 7.88. The third-order valence-electron chi connectivity index (χ3n) is 0.138. The highest BCUT2D eigenvalue weighted by molar-refractivity contribution is 6.44. The van der Waals surface area contributed by atoms with Crippen LogP contribution in [0.25, 0.3) is 0 Å². The highest BCUT2D eigenvalue weighted by Gasteiger charge is 1.88. The van der Waals surface area contributed by atoms with E-state index >= 15 is 0 Å². The number of aliphatic hydroxyl groups is 3. The van der Waals surface area contributed by atoms with E-state index < -0.39 is 4.84 Å². The molecular formula is C4H12Cl2O3. The van der Waals surface area contributed by atoms with Crippen molar-refractivity contribution in [2.75, 3.05) is 20.8 Å². The molecule has 60 valence electrons. The van der Waals surface area contributed by atoms with Crippen LogP contribution in [0, 0.1) is 0 Å². The van der Waals surface area contributed by atoms with E-state index in [1.807, 2.05) is 0 Å². The largest absolute Gasteiger partial charge is 0.400 e. The minimum Gasteiger partial charge on any atom is -0.400 e. The number of alkyl halides is 2. The summed E-state index contributed by atoms with van der Waals surface area (Å²) in [6.45, 7) is -0.164. The molecule has 0 aromatic rings. The molecule has 9 heavy (non-hydrogen) atoms. The molecule has 0 spiro atoms. The van der Waals surface area contributed by atoms with Crippen molar-refractivity contribution in [3.8, 4) is 0 Å². The SMILES string of the molecule is CO.CO.OCC(Cl)Cl. The summed E-state index contributed by atoms with van der Waals surface area (Å²) in [5, 5.41) is 21.9. The Hall–Kier alpha value is 0.460. The zero-order valence-corrected chi connectivity index (χ0v) is 6.89. The monoisotopic (exact) mass is 178 g/mol. The molecule has 0 atom stereocenters. The lowest BCUT2D eigenvalue weighted by Gasteiger charge is -1.84. The molecular weight excluding hydrogens is 167 g/mol. The van der Waals surface area contributed by atoms with Crippen LogP contribution < -0.4 is 0 Å². The van der Waals surface area contributed by atoms with Crippen molar-refractivity contribution in [3.05, 3.63) is 0 Å². The second kappa shape index (κ2) is 23.7. The lowest BCUT2D eigenvalue weighted by atomic mass is 10.9. The average molecular weight is 179 g/mol. The molecule has 0 fully saturated rings. The molecule has 0 aliphatic rings. The number of aliphatic hydroxyl groups excluding tert-OH is 3. The van der Waals surface area contributed by atoms with Crippen LogP contribution in [0.5, 0.6) is 0 Å². The van der Waals surface area contributed by atoms with Crippen molar-refractivity contribution in [1.82, 2.24) is 0 Å². The van der Waals surface area contributed by atoms with Gasteiger partial charge in [-0.25, -0.2) is 0 Å². The van der Waals surface area contributed by atoms with Gasteiger partial charge in [-0.1, -0.05) is 0 Å². The van der Waals surface area contributed by atoms with E-state index in [9.17, 15) is 0 Å². The van der Waals surface area contributed by atoms with Crippen molar-refractivity contribution >= 4 is 23.2 Å². The zero-order chi connectivity index (χ0) is 8.28. The Morgan fingerprint density at radius 3 is 1.22 bits per heavy atom. The quantitative estimate of drug-likeness (QED) is 0.496. The molecule has 0 bridgehead atoms. The number of rotatable bonds is 1. The smallest absolute Gasteiger partial charge is 0.130 e. The van der Waals surface area contributed by atoms with Gasteiger partial charge < -0.3 is 15.3 Å². The van der Waals surface area contributed by atoms with E-state index in [1.165, 1.54) is 0 Å². The van der Waals surface area contributed by atoms with Crippen LogP contribution in [-0.2, 0) is 0 Å². The Morgan fingerprint density at radius 2 is 1.22 bits per heavy atom. The predicted molar refractivity (Wildman–Crippen MR) is 38.9 cm³/mol. The summed E-state index contributed by atoms with van der Waals surface area (Å²) in [4.78, 5) is -0.616. The number of hydrogen-bond acceptors (Lipinski definition) is 3. The molecule has 5 heteroatoms. The van der Waals surface area contributed by atoms with Crippen LogP contribution >= 0.6 is 23.2 Å². The van der Waals surface area contributed by atoms with Crippen LogP contribution in [0.1, 0.15) is 0 Å². The minimum absolute atomic E-state index is 0.164. The Bertz CT molecular complexity index is 27.8. The van der Waals surface area contributed by atoms with E-state index in [-0.39, 0.29) is 6.61 Å². The molecule has 3 nitrogen and oxygen atoms in total. The lowest BCUT2D eigenvalue weighted by Crippen LogP contribution is -1.90. The normalized spacial score (nSPS) is 6.67. The minimum atomic E-state index is -0.616. The van der Waals surface area contributed by atoms with Gasteiger partial charge in [-0.05, 0) is 0 Å². The first-order chi connectivity index (χ1) is 4.27. The topological polar surface area (TPSA) is 60.7 Å². The highest BCUT2D eigenvalue weighted by Crippen LogP contribution is 1.96. The summed E-state index contributed by atoms with van der Waals surface area (Å²) in [6.07, 6.45) is 0. The van der Waals surface area contributed by atoms with Crippen molar-refractivity contribution in [1.29, 1.82) is 0 Å². The van der Waals surface area contributed by atoms with Gasteiger partial charge in [0.15, 0.2) is 0 Å². The first-order valence-corrected chi connectivity index (χ1v) is 2.93. The van der Waals surface area contributed by atoms with Gasteiger partial charge >= 0.3 is 0 Å². The van der Waals surface area contributed by atoms with Crippen LogP contribution in [0.2, 0.25) is 0 Å². The standard InChI is InChI=1S/C2H4Cl2O.2CH4O/c3-2(4)1-5;2*1-2/h2,5H,1H2;2*2H,1H3. The van der Waals surface area contributed by atoms with E-state index in [4.69, 9.17) is 38.5 Å². The zero-order valence-electron chi connectivity index (χ0n) is 5.38. The molecule has 0 amide bonds. The van der Waals surface area contributed by atoms with Gasteiger partial charge in [-0.2, -0.15) is 0 Å². The second-order valence-electron chi connectivity index (χ2n) is 0.574. The summed E-state index contributed by atoms with van der Waals surface area (Å²) in [7, 11) is 2.00. The summed E-state index contributed by atoms with van der Waals surface area (Å²) in [6, 6.07) is 0. The summed E-state index contributed by atoms with van der Waals surface area (Å²) in [5.74, 6) is 0. The first-order valence-electron chi connectivity index (χ1n) is 2.06. The molecule has 0 saturated carbocycles. The Labute approximate surface area is 64.8 Å². The van der Waals surface area contributed by atoms with Gasteiger partial charge in [0.1, 0.15) is 4.84 Å². The first kappa shape index (κ1) is 16.2. The Balaban J connectivity index is -0.0000000771. The maximum Gasteiger partial charge on any atom is 0.130 e. The van der Waals surface area contributed by atoms with Crippen molar-refractivity contribution in [2.45, 2.75) is 4.84 Å². The summed E-state index contributed by atoms with van der Waals surface area (Å²) >= 11 is 9.96. The molecule has 0 unspecified atom stereocenters. The van der Waals surface area contributed by atoms with Crippen LogP contribution in [0.3, 0.4) is 0 Å². The van der Waals surface area contributed by atoms with E-state index in [2.05, 4.69) is 0 Å². The Morgan fingerprint density at radius 1 is 1.11 bits per heavy atom. The molecule has 0 aliphatic carbocycles. The molecule has 0 rings (SSSR count). The summed E-state index contributed by atoms with van der Waals surface area (Å²) < 4.78 is 0. The van der Waals surface area contributed by atoms with E-state index in [1.54, 1.807) is 0 Å². The summed E-state index contributed by atoms with van der Waals surface area (Å²) in [5.41, 5.74) is 0. The Kier molecular flexibility index (Phi) is 42.7. The van der Waals surface area contributed by atoms with E-state index in [0.717, 1.165) is 14.2 Å². The van der Waals surface area contributed by atoms with Crippen molar-refractivity contribution < 1.29 is 15.3 Å². The van der Waals surface area contributed by atoms with Crippen molar-refractivity contribution in [2.24, 2.45) is 0 Å². The second-order valence-corrected chi connectivity index (χ2v) is 1.85. The van der Waals surface area contributed by atoms with Gasteiger partial charge in [0.05, 0.1) is 6.61 Å². The number of halogens is 2. The molecule has 0 aromatic heterocycles. The molecule has 0 heterocycles. The molecule has 0 saturated heterocycles. The lowest BCUT2D eigenvalue weighted by molar-refractivity contribution is 0.313. The van der Waals surface area contributed by atoms with Gasteiger partial charge in [-0.15, -0.1) is 23.2 Å². The predicted octanol–water partition coefficient (Wildman–Crippen LogP) is -0.000600. The van der Waals surface area contributed by atoms with Gasteiger partial charge in [-0.3, -0.25) is 0 Å². The highest BCUT2D eigenvalue weighted by atomic mass is 35.5. The fourth-order valence-corrected chi connectivity index (χ4v) is 0. The van der Waals surface area contributed by atoms with E-state index in [0.29, 0.717) is 0 Å². The molecule has 3 N–H and O–H groups in total. The van der Waals surface area contributed by atoms with Crippen LogP contribution in [0.15, 0.2) is 0 Å². The third kappa shape index (κ3) is 58.3. The van der Waals surface area contributed by atoms with Crippen LogP contribution in [0.4, 0.5) is 0 Å².